The lowest BCUT2D eigenvalue weighted by atomic mass is 10.1. The summed E-state index contributed by atoms with van der Waals surface area (Å²) in [5.41, 5.74) is 0.177. The molecule has 0 radical (unpaired) electrons. The molecule has 0 saturated carbocycles. The lowest BCUT2D eigenvalue weighted by molar-refractivity contribution is 0.0666. The van der Waals surface area contributed by atoms with Crippen LogP contribution >= 0.6 is 0 Å². The van der Waals surface area contributed by atoms with Gasteiger partial charge in [-0.05, 0) is 36.8 Å². The first-order valence-corrected chi connectivity index (χ1v) is 9.57. The van der Waals surface area contributed by atoms with E-state index in [1.807, 2.05) is 0 Å². The Kier molecular flexibility index (Phi) is 4.88. The number of carbonyl (C=O) groups is 2. The number of amides is 2. The lowest BCUT2D eigenvalue weighted by Crippen LogP contribution is -2.33. The largest absolute Gasteiger partial charge is 0.400 e. The van der Waals surface area contributed by atoms with Crippen LogP contribution in [-0.4, -0.2) is 36.9 Å². The van der Waals surface area contributed by atoms with Crippen LogP contribution in [0.3, 0.4) is 0 Å². The molecule has 1 heterocycles. The van der Waals surface area contributed by atoms with Gasteiger partial charge in [-0.3, -0.25) is 14.5 Å². The lowest BCUT2D eigenvalue weighted by Gasteiger charge is -2.18. The molecule has 28 heavy (non-hydrogen) atoms. The highest BCUT2D eigenvalue weighted by molar-refractivity contribution is 7.92. The summed E-state index contributed by atoms with van der Waals surface area (Å²) in [4.78, 5) is 24.2. The van der Waals surface area contributed by atoms with Gasteiger partial charge in [-0.15, -0.1) is 0 Å². The zero-order chi connectivity index (χ0) is 20.7. The van der Waals surface area contributed by atoms with Crippen molar-refractivity contribution in [2.75, 3.05) is 6.54 Å². The first-order chi connectivity index (χ1) is 13.1. The predicted octanol–water partition coefficient (Wildman–Crippen LogP) is 3.51. The third-order valence-electron chi connectivity index (χ3n) is 4.33. The average Bonchev–Trinajstić information content (AvgIpc) is 2.90. The SMILES string of the molecule is Cc1ccccc1S(=O)(=O)C(F)(F)/C(F)=C/CN1C(=O)c2ccccc2C1=O. The summed E-state index contributed by atoms with van der Waals surface area (Å²) in [6, 6.07) is 10.8. The van der Waals surface area contributed by atoms with E-state index in [1.54, 1.807) is 0 Å². The molecule has 146 valence electrons. The van der Waals surface area contributed by atoms with Crippen molar-refractivity contribution >= 4 is 21.7 Å². The topological polar surface area (TPSA) is 71.5 Å². The molecule has 0 saturated heterocycles. The molecule has 5 nitrogen and oxygen atoms in total. The molecular weight excluding hydrogens is 395 g/mol. The van der Waals surface area contributed by atoms with Gasteiger partial charge in [0.25, 0.3) is 21.7 Å². The molecule has 2 aromatic carbocycles. The van der Waals surface area contributed by atoms with Gasteiger partial charge in [-0.25, -0.2) is 12.8 Å². The minimum absolute atomic E-state index is 0.0373. The van der Waals surface area contributed by atoms with Crippen molar-refractivity contribution in [3.05, 3.63) is 77.1 Å². The maximum Gasteiger partial charge on any atom is 0.400 e. The Labute approximate surface area is 159 Å². The summed E-state index contributed by atoms with van der Waals surface area (Å²) in [6.45, 7) is 0.487. The number of rotatable bonds is 5. The van der Waals surface area contributed by atoms with Crippen LogP contribution in [-0.2, 0) is 9.84 Å². The minimum Gasteiger partial charge on any atom is -0.270 e. The molecule has 0 fully saturated rings. The van der Waals surface area contributed by atoms with Gasteiger partial charge in [0.2, 0.25) is 0 Å². The van der Waals surface area contributed by atoms with Crippen LogP contribution in [0, 0.1) is 6.92 Å². The molecule has 0 atom stereocenters. The molecule has 0 spiro atoms. The van der Waals surface area contributed by atoms with Crippen molar-refractivity contribution in [2.24, 2.45) is 0 Å². The molecule has 0 unspecified atom stereocenters. The summed E-state index contributed by atoms with van der Waals surface area (Å²) >= 11 is 0. The molecule has 0 N–H and O–H groups in total. The third-order valence-corrected chi connectivity index (χ3v) is 6.24. The van der Waals surface area contributed by atoms with Crippen LogP contribution in [0.5, 0.6) is 0 Å². The molecule has 0 aromatic heterocycles. The van der Waals surface area contributed by atoms with Gasteiger partial charge in [0, 0.05) is 0 Å². The Morgan fingerprint density at radius 2 is 1.50 bits per heavy atom. The number of halogens is 3. The highest BCUT2D eigenvalue weighted by Gasteiger charge is 2.51. The highest BCUT2D eigenvalue weighted by atomic mass is 32.2. The van der Waals surface area contributed by atoms with Gasteiger partial charge in [0.05, 0.1) is 22.6 Å². The van der Waals surface area contributed by atoms with Gasteiger partial charge in [0.15, 0.2) is 5.83 Å². The Balaban J connectivity index is 1.89. The number of hydrogen-bond donors (Lipinski definition) is 0. The second kappa shape index (κ2) is 6.90. The van der Waals surface area contributed by atoms with E-state index in [0.29, 0.717) is 4.90 Å². The van der Waals surface area contributed by atoms with Crippen LogP contribution in [0.4, 0.5) is 13.2 Å². The summed E-state index contributed by atoms with van der Waals surface area (Å²) in [7, 11) is -5.36. The normalized spacial score (nSPS) is 15.1. The van der Waals surface area contributed by atoms with Crippen LogP contribution in [0.15, 0.2) is 65.3 Å². The summed E-state index contributed by atoms with van der Waals surface area (Å²) < 4.78 is 67.4. The van der Waals surface area contributed by atoms with E-state index >= 15 is 0 Å². The number of nitrogens with zero attached hydrogens (tertiary/aromatic N) is 1. The molecule has 1 aliphatic rings. The third kappa shape index (κ3) is 3.01. The molecular formula is C19H14F3NO4S. The van der Waals surface area contributed by atoms with Gasteiger partial charge < -0.3 is 0 Å². The number of imide groups is 1. The van der Waals surface area contributed by atoms with Crippen LogP contribution in [0.25, 0.3) is 0 Å². The molecule has 0 aliphatic carbocycles. The molecule has 2 amide bonds. The van der Waals surface area contributed by atoms with Gasteiger partial charge >= 0.3 is 5.25 Å². The van der Waals surface area contributed by atoms with Gasteiger partial charge in [0.1, 0.15) is 0 Å². The highest BCUT2D eigenvalue weighted by Crippen LogP contribution is 2.37. The number of hydrogen-bond acceptors (Lipinski definition) is 4. The Morgan fingerprint density at radius 3 is 2.04 bits per heavy atom. The van der Waals surface area contributed by atoms with E-state index in [4.69, 9.17) is 0 Å². The van der Waals surface area contributed by atoms with Crippen LogP contribution < -0.4 is 0 Å². The average molecular weight is 409 g/mol. The molecule has 2 aromatic rings. The van der Waals surface area contributed by atoms with E-state index < -0.39 is 44.2 Å². The molecule has 9 heteroatoms. The van der Waals surface area contributed by atoms with E-state index in [-0.39, 0.29) is 22.8 Å². The van der Waals surface area contributed by atoms with Gasteiger partial charge in [-0.1, -0.05) is 30.3 Å². The van der Waals surface area contributed by atoms with Crippen molar-refractivity contribution in [3.8, 4) is 0 Å². The second-order valence-corrected chi connectivity index (χ2v) is 8.06. The predicted molar refractivity (Wildman–Crippen MR) is 94.3 cm³/mol. The molecule has 1 aliphatic heterocycles. The second-order valence-electron chi connectivity index (χ2n) is 6.10. The van der Waals surface area contributed by atoms with E-state index in [1.165, 1.54) is 49.4 Å². The smallest absolute Gasteiger partial charge is 0.270 e. The Morgan fingerprint density at radius 1 is 1.00 bits per heavy atom. The fourth-order valence-electron chi connectivity index (χ4n) is 2.82. The number of aryl methyl sites for hydroxylation is 1. The number of alkyl halides is 2. The zero-order valence-corrected chi connectivity index (χ0v) is 15.3. The quantitative estimate of drug-likeness (QED) is 0.709. The summed E-state index contributed by atoms with van der Waals surface area (Å²) in [6.07, 6.45) is 0.234. The fourth-order valence-corrected chi connectivity index (χ4v) is 4.19. The van der Waals surface area contributed by atoms with Crippen molar-refractivity contribution in [3.63, 3.8) is 0 Å². The van der Waals surface area contributed by atoms with Crippen molar-refractivity contribution < 1.29 is 31.2 Å². The fraction of sp³-hybridized carbons (Fsp3) is 0.158. The number of benzene rings is 2. The standard InChI is InChI=1S/C19H14F3NO4S/c1-12-6-2-5-9-15(12)28(26,27)19(21,22)16(20)10-11-23-17(24)13-7-3-4-8-14(13)18(23)25/h2-10H,11H2,1H3/b16-10-. The molecule has 0 bridgehead atoms. The van der Waals surface area contributed by atoms with Crippen LogP contribution in [0.1, 0.15) is 26.3 Å². The maximum absolute atomic E-state index is 14.4. The van der Waals surface area contributed by atoms with Crippen molar-refractivity contribution in [2.45, 2.75) is 17.1 Å². The Bertz CT molecular complexity index is 1070. The van der Waals surface area contributed by atoms with Crippen molar-refractivity contribution in [1.82, 2.24) is 4.90 Å². The monoisotopic (exact) mass is 409 g/mol. The maximum atomic E-state index is 14.4. The first kappa shape index (κ1) is 19.8. The number of carbonyl (C=O) groups excluding carboxylic acids is 2. The van der Waals surface area contributed by atoms with Gasteiger partial charge in [-0.2, -0.15) is 8.78 Å². The minimum atomic E-state index is -5.36. The molecule has 3 rings (SSSR count). The first-order valence-electron chi connectivity index (χ1n) is 8.08. The van der Waals surface area contributed by atoms with Crippen LogP contribution in [0.2, 0.25) is 0 Å². The van der Waals surface area contributed by atoms with E-state index in [9.17, 15) is 31.2 Å². The number of fused-ring (bicyclic) bond motifs is 1. The van der Waals surface area contributed by atoms with Crippen molar-refractivity contribution in [1.29, 1.82) is 0 Å². The van der Waals surface area contributed by atoms with E-state index in [2.05, 4.69) is 0 Å². The number of sulfone groups is 1. The van der Waals surface area contributed by atoms with E-state index in [0.717, 1.165) is 6.07 Å². The summed E-state index contributed by atoms with van der Waals surface area (Å²) in [5, 5.41) is -4.85. The summed E-state index contributed by atoms with van der Waals surface area (Å²) in [5.74, 6) is -3.79. The zero-order valence-electron chi connectivity index (χ0n) is 14.5. The Hall–Kier alpha value is -2.94.